The summed E-state index contributed by atoms with van der Waals surface area (Å²) in [7, 11) is 1.83. The predicted octanol–water partition coefficient (Wildman–Crippen LogP) is 3.08. The third-order valence-electron chi connectivity index (χ3n) is 4.74. The number of nitrogens with one attached hydrogen (secondary N) is 2. The van der Waals surface area contributed by atoms with Gasteiger partial charge in [0.2, 0.25) is 0 Å². The van der Waals surface area contributed by atoms with Gasteiger partial charge in [0.25, 0.3) is 0 Å². The summed E-state index contributed by atoms with van der Waals surface area (Å²) >= 11 is 1.75. The molecule has 1 fully saturated rings. The molecular weight excluding hydrogens is 318 g/mol. The number of nitrogens with zero attached hydrogens (tertiary/aromatic N) is 3. The molecule has 2 heterocycles. The van der Waals surface area contributed by atoms with Gasteiger partial charge in [0.05, 0.1) is 17.2 Å². The number of aryl methyl sites for hydroxylation is 2. The Morgan fingerprint density at radius 2 is 2.12 bits per heavy atom. The van der Waals surface area contributed by atoms with Crippen molar-refractivity contribution >= 4 is 17.3 Å². The average Bonchev–Trinajstić information content (AvgIpc) is 2.89. The molecule has 2 N–H and O–H groups in total. The van der Waals surface area contributed by atoms with Crippen LogP contribution in [0.15, 0.2) is 4.99 Å². The molecule has 0 aliphatic carbocycles. The number of unbranched alkanes of at least 4 members (excludes halogenated alkanes) is 1. The lowest BCUT2D eigenvalue weighted by Gasteiger charge is -2.33. The van der Waals surface area contributed by atoms with E-state index in [1.54, 1.807) is 11.3 Å². The van der Waals surface area contributed by atoms with Crippen LogP contribution < -0.4 is 10.6 Å². The van der Waals surface area contributed by atoms with Crippen molar-refractivity contribution in [3.63, 3.8) is 0 Å². The van der Waals surface area contributed by atoms with E-state index >= 15 is 0 Å². The van der Waals surface area contributed by atoms with Crippen LogP contribution in [0, 0.1) is 13.8 Å². The number of rotatable bonds is 7. The molecule has 0 saturated carbocycles. The fraction of sp³-hybridized carbons (Fsp3) is 0.778. The van der Waals surface area contributed by atoms with Crippen LogP contribution in [0.5, 0.6) is 0 Å². The standard InChI is InChI=1S/C18H33N5S/c1-14-9-5-7-11-23(14)12-8-6-10-20-18(19-4)21-13-17-15(2)22-16(3)24-17/h14H,5-13H2,1-4H3,(H2,19,20,21). The summed E-state index contributed by atoms with van der Waals surface area (Å²) in [5.74, 6) is 0.881. The molecule has 2 rings (SSSR count). The number of aliphatic imine (C=N–C) groups is 1. The average molecular weight is 352 g/mol. The Morgan fingerprint density at radius 3 is 2.79 bits per heavy atom. The van der Waals surface area contributed by atoms with Gasteiger partial charge in [0, 0.05) is 24.5 Å². The summed E-state index contributed by atoms with van der Waals surface area (Å²) in [6, 6.07) is 0.771. The highest BCUT2D eigenvalue weighted by Crippen LogP contribution is 2.17. The Bertz CT molecular complexity index is 525. The maximum atomic E-state index is 4.47. The Morgan fingerprint density at radius 1 is 1.29 bits per heavy atom. The summed E-state index contributed by atoms with van der Waals surface area (Å²) in [6.07, 6.45) is 6.57. The molecular formula is C18H33N5S. The van der Waals surface area contributed by atoms with Crippen molar-refractivity contribution in [3.05, 3.63) is 15.6 Å². The highest BCUT2D eigenvalue weighted by atomic mass is 32.1. The first kappa shape index (κ1) is 19.2. The van der Waals surface area contributed by atoms with E-state index < -0.39 is 0 Å². The van der Waals surface area contributed by atoms with Crippen LogP contribution in [0.25, 0.3) is 0 Å². The van der Waals surface area contributed by atoms with Crippen LogP contribution in [0.3, 0.4) is 0 Å². The summed E-state index contributed by atoms with van der Waals surface area (Å²) < 4.78 is 0. The molecule has 5 nitrogen and oxygen atoms in total. The molecule has 0 spiro atoms. The Kier molecular flexibility index (Phi) is 7.99. The van der Waals surface area contributed by atoms with E-state index in [9.17, 15) is 0 Å². The summed E-state index contributed by atoms with van der Waals surface area (Å²) in [5, 5.41) is 7.93. The number of hydrogen-bond donors (Lipinski definition) is 2. The van der Waals surface area contributed by atoms with E-state index in [4.69, 9.17) is 0 Å². The van der Waals surface area contributed by atoms with E-state index in [-0.39, 0.29) is 0 Å². The first-order valence-electron chi connectivity index (χ1n) is 9.21. The molecule has 24 heavy (non-hydrogen) atoms. The molecule has 1 aliphatic rings. The monoisotopic (exact) mass is 351 g/mol. The first-order chi connectivity index (χ1) is 11.6. The molecule has 0 radical (unpaired) electrons. The number of hydrogen-bond acceptors (Lipinski definition) is 4. The van der Waals surface area contributed by atoms with Crippen molar-refractivity contribution in [2.24, 2.45) is 4.99 Å². The van der Waals surface area contributed by atoms with Gasteiger partial charge in [-0.15, -0.1) is 11.3 Å². The first-order valence-corrected chi connectivity index (χ1v) is 10.0. The van der Waals surface area contributed by atoms with Crippen LogP contribution in [-0.2, 0) is 6.54 Å². The van der Waals surface area contributed by atoms with Crippen LogP contribution in [-0.4, -0.2) is 48.6 Å². The fourth-order valence-electron chi connectivity index (χ4n) is 3.26. The molecule has 1 unspecified atom stereocenters. The second-order valence-corrected chi connectivity index (χ2v) is 7.97. The topological polar surface area (TPSA) is 52.6 Å². The van der Waals surface area contributed by atoms with Crippen molar-refractivity contribution in [2.75, 3.05) is 26.7 Å². The van der Waals surface area contributed by atoms with Crippen molar-refractivity contribution < 1.29 is 0 Å². The lowest BCUT2D eigenvalue weighted by molar-refractivity contribution is 0.158. The van der Waals surface area contributed by atoms with E-state index in [0.717, 1.165) is 35.8 Å². The van der Waals surface area contributed by atoms with Gasteiger partial charge in [-0.2, -0.15) is 0 Å². The molecule has 0 aromatic carbocycles. The SMILES string of the molecule is CN=C(NCCCCN1CCCCC1C)NCc1sc(C)nc1C. The largest absolute Gasteiger partial charge is 0.356 e. The number of likely N-dealkylation sites (tertiary alicyclic amines) is 1. The van der Waals surface area contributed by atoms with Crippen molar-refractivity contribution in [3.8, 4) is 0 Å². The van der Waals surface area contributed by atoms with Gasteiger partial charge in [0.1, 0.15) is 0 Å². The molecule has 1 aliphatic heterocycles. The summed E-state index contributed by atoms with van der Waals surface area (Å²) in [6.45, 7) is 10.8. The van der Waals surface area contributed by atoms with E-state index in [0.29, 0.717) is 0 Å². The predicted molar refractivity (Wildman–Crippen MR) is 104 cm³/mol. The number of thiazole rings is 1. The van der Waals surface area contributed by atoms with E-state index in [2.05, 4.69) is 46.3 Å². The Labute approximate surface area is 151 Å². The number of guanidine groups is 1. The van der Waals surface area contributed by atoms with Crippen LogP contribution in [0.2, 0.25) is 0 Å². The highest BCUT2D eigenvalue weighted by molar-refractivity contribution is 7.11. The normalized spacial score (nSPS) is 19.5. The minimum Gasteiger partial charge on any atom is -0.356 e. The molecule has 6 heteroatoms. The maximum absolute atomic E-state index is 4.47. The fourth-order valence-corrected chi connectivity index (χ4v) is 4.14. The third kappa shape index (κ3) is 6.06. The zero-order valence-corrected chi connectivity index (χ0v) is 16.5. The van der Waals surface area contributed by atoms with Gasteiger partial charge in [0.15, 0.2) is 5.96 Å². The molecule has 0 bridgehead atoms. The van der Waals surface area contributed by atoms with Gasteiger partial charge < -0.3 is 15.5 Å². The van der Waals surface area contributed by atoms with Gasteiger partial charge >= 0.3 is 0 Å². The van der Waals surface area contributed by atoms with Crippen LogP contribution in [0.1, 0.15) is 54.6 Å². The zero-order chi connectivity index (χ0) is 17.4. The summed E-state index contributed by atoms with van der Waals surface area (Å²) in [5.41, 5.74) is 1.12. The second kappa shape index (κ2) is 9.99. The molecule has 1 saturated heterocycles. The zero-order valence-electron chi connectivity index (χ0n) is 15.7. The molecule has 1 aromatic heterocycles. The molecule has 136 valence electrons. The van der Waals surface area contributed by atoms with Crippen molar-refractivity contribution in [1.29, 1.82) is 0 Å². The van der Waals surface area contributed by atoms with E-state index in [1.165, 1.54) is 50.1 Å². The minimum absolute atomic E-state index is 0.771. The van der Waals surface area contributed by atoms with Crippen LogP contribution >= 0.6 is 11.3 Å². The summed E-state index contributed by atoms with van der Waals surface area (Å²) in [4.78, 5) is 12.7. The van der Waals surface area contributed by atoms with Gasteiger partial charge in [-0.1, -0.05) is 6.42 Å². The number of piperidine rings is 1. The molecule has 1 aromatic rings. The Hall–Kier alpha value is -1.14. The quantitative estimate of drug-likeness (QED) is 0.450. The third-order valence-corrected chi connectivity index (χ3v) is 5.82. The van der Waals surface area contributed by atoms with E-state index in [1.807, 2.05) is 7.05 Å². The van der Waals surface area contributed by atoms with Gasteiger partial charge in [-0.25, -0.2) is 4.98 Å². The second-order valence-electron chi connectivity index (χ2n) is 6.68. The van der Waals surface area contributed by atoms with Crippen molar-refractivity contribution in [2.45, 2.75) is 65.5 Å². The lowest BCUT2D eigenvalue weighted by atomic mass is 10.0. The van der Waals surface area contributed by atoms with Crippen molar-refractivity contribution in [1.82, 2.24) is 20.5 Å². The highest BCUT2D eigenvalue weighted by Gasteiger charge is 2.16. The molecule has 1 atom stereocenters. The maximum Gasteiger partial charge on any atom is 0.191 e. The van der Waals surface area contributed by atoms with Gasteiger partial charge in [-0.05, 0) is 59.5 Å². The van der Waals surface area contributed by atoms with Gasteiger partial charge in [-0.3, -0.25) is 4.99 Å². The lowest BCUT2D eigenvalue weighted by Crippen LogP contribution is -2.39. The van der Waals surface area contributed by atoms with Crippen LogP contribution in [0.4, 0.5) is 0 Å². The molecule has 0 amide bonds. The minimum atomic E-state index is 0.771. The number of aromatic nitrogens is 1. The Balaban J connectivity index is 1.60. The smallest absolute Gasteiger partial charge is 0.191 e.